The zero-order valence-electron chi connectivity index (χ0n) is 12.9. The summed E-state index contributed by atoms with van der Waals surface area (Å²) < 4.78 is 5.61. The van der Waals surface area contributed by atoms with Gasteiger partial charge in [-0.3, -0.25) is 0 Å². The van der Waals surface area contributed by atoms with Crippen molar-refractivity contribution in [3.63, 3.8) is 0 Å². The van der Waals surface area contributed by atoms with Crippen molar-refractivity contribution in [3.05, 3.63) is 35.4 Å². The molecule has 0 aromatic heterocycles. The third-order valence-electron chi connectivity index (χ3n) is 5.94. The number of benzene rings is 1. The summed E-state index contributed by atoms with van der Waals surface area (Å²) >= 11 is 0. The van der Waals surface area contributed by atoms with E-state index in [-0.39, 0.29) is 0 Å². The third kappa shape index (κ3) is 2.76. The van der Waals surface area contributed by atoms with Crippen LogP contribution in [0.3, 0.4) is 0 Å². The van der Waals surface area contributed by atoms with E-state index in [2.05, 4.69) is 29.6 Å². The van der Waals surface area contributed by atoms with E-state index in [4.69, 9.17) is 4.74 Å². The molecule has 114 valence electrons. The number of rotatable bonds is 4. The van der Waals surface area contributed by atoms with E-state index in [9.17, 15) is 0 Å². The van der Waals surface area contributed by atoms with Crippen molar-refractivity contribution in [1.82, 2.24) is 5.32 Å². The minimum Gasteiger partial charge on any atom is -0.381 e. The number of ether oxygens (including phenoxy) is 1. The summed E-state index contributed by atoms with van der Waals surface area (Å²) in [7, 11) is 0. The largest absolute Gasteiger partial charge is 0.381 e. The van der Waals surface area contributed by atoms with Crippen molar-refractivity contribution >= 4 is 0 Å². The lowest BCUT2D eigenvalue weighted by atomic mass is 9.90. The summed E-state index contributed by atoms with van der Waals surface area (Å²) in [5, 5.41) is 3.97. The van der Waals surface area contributed by atoms with E-state index in [1.54, 1.807) is 11.1 Å². The van der Waals surface area contributed by atoms with Crippen LogP contribution in [0.25, 0.3) is 0 Å². The first-order chi connectivity index (χ1) is 10.4. The summed E-state index contributed by atoms with van der Waals surface area (Å²) in [6.07, 6.45) is 9.32. The topological polar surface area (TPSA) is 21.3 Å². The number of nitrogens with one attached hydrogen (secondary N) is 1. The predicted octanol–water partition coefficient (Wildman–Crippen LogP) is 3.66. The van der Waals surface area contributed by atoms with Crippen molar-refractivity contribution < 1.29 is 4.74 Å². The van der Waals surface area contributed by atoms with Gasteiger partial charge in [-0.25, -0.2) is 0 Å². The molecule has 2 aliphatic carbocycles. The second-order valence-electron chi connectivity index (χ2n) is 7.24. The van der Waals surface area contributed by atoms with Gasteiger partial charge < -0.3 is 10.1 Å². The van der Waals surface area contributed by atoms with Crippen LogP contribution in [0.5, 0.6) is 0 Å². The SMILES string of the molecule is c1ccc2c(c1)CCCCC2CNC1(C2CCOC2)CC1. The summed E-state index contributed by atoms with van der Waals surface area (Å²) in [4.78, 5) is 0. The molecule has 1 saturated carbocycles. The molecule has 21 heavy (non-hydrogen) atoms. The van der Waals surface area contributed by atoms with E-state index < -0.39 is 0 Å². The van der Waals surface area contributed by atoms with E-state index in [0.717, 1.165) is 25.7 Å². The van der Waals surface area contributed by atoms with Gasteiger partial charge in [-0.15, -0.1) is 0 Å². The van der Waals surface area contributed by atoms with Crippen LogP contribution in [-0.4, -0.2) is 25.3 Å². The fourth-order valence-electron chi connectivity index (χ4n) is 4.39. The first-order valence-electron chi connectivity index (χ1n) is 8.78. The zero-order valence-corrected chi connectivity index (χ0v) is 12.9. The Morgan fingerprint density at radius 1 is 1.14 bits per heavy atom. The Morgan fingerprint density at radius 2 is 2.05 bits per heavy atom. The molecule has 1 aromatic carbocycles. The lowest BCUT2D eigenvalue weighted by Crippen LogP contribution is -2.41. The van der Waals surface area contributed by atoms with Gasteiger partial charge in [-0.05, 0) is 55.6 Å². The molecule has 1 N–H and O–H groups in total. The molecular formula is C19H27NO. The van der Waals surface area contributed by atoms with Gasteiger partial charge in [0.25, 0.3) is 0 Å². The fraction of sp³-hybridized carbons (Fsp3) is 0.684. The summed E-state index contributed by atoms with van der Waals surface area (Å²) in [5.41, 5.74) is 3.63. The van der Waals surface area contributed by atoms with Gasteiger partial charge >= 0.3 is 0 Å². The van der Waals surface area contributed by atoms with E-state index >= 15 is 0 Å². The molecule has 2 unspecified atom stereocenters. The number of hydrogen-bond donors (Lipinski definition) is 1. The number of hydrogen-bond acceptors (Lipinski definition) is 2. The molecule has 1 saturated heterocycles. The van der Waals surface area contributed by atoms with Crippen molar-refractivity contribution in [2.24, 2.45) is 5.92 Å². The van der Waals surface area contributed by atoms with E-state index in [1.807, 2.05) is 0 Å². The summed E-state index contributed by atoms with van der Waals surface area (Å²) in [6.45, 7) is 3.11. The van der Waals surface area contributed by atoms with Crippen LogP contribution in [-0.2, 0) is 11.2 Å². The quantitative estimate of drug-likeness (QED) is 0.853. The highest BCUT2D eigenvalue weighted by Crippen LogP contribution is 2.46. The fourth-order valence-corrected chi connectivity index (χ4v) is 4.39. The first kappa shape index (κ1) is 13.8. The predicted molar refractivity (Wildman–Crippen MR) is 85.6 cm³/mol. The zero-order chi connectivity index (χ0) is 14.1. The molecule has 2 heteroatoms. The Bertz CT molecular complexity index is 488. The summed E-state index contributed by atoms with van der Waals surface area (Å²) in [5.74, 6) is 1.47. The maximum absolute atomic E-state index is 5.61. The average Bonchev–Trinajstić information content (AvgIpc) is 3.17. The Balaban J connectivity index is 1.45. The summed E-state index contributed by atoms with van der Waals surface area (Å²) in [6, 6.07) is 9.12. The third-order valence-corrected chi connectivity index (χ3v) is 5.94. The smallest absolute Gasteiger partial charge is 0.0512 e. The molecule has 2 fully saturated rings. The van der Waals surface area contributed by atoms with Crippen molar-refractivity contribution in [2.45, 2.75) is 56.4 Å². The molecule has 0 radical (unpaired) electrons. The Kier molecular flexibility index (Phi) is 3.76. The van der Waals surface area contributed by atoms with E-state index in [0.29, 0.717) is 11.5 Å². The average molecular weight is 285 g/mol. The van der Waals surface area contributed by atoms with Crippen LogP contribution < -0.4 is 5.32 Å². The first-order valence-corrected chi connectivity index (χ1v) is 8.78. The van der Waals surface area contributed by atoms with Crippen LogP contribution in [0, 0.1) is 5.92 Å². The standard InChI is InChI=1S/C19H27NO/c1-2-7-16(18-8-4-3-6-15(18)5-1)13-20-19(10-11-19)17-9-12-21-14-17/h3-4,6,8,16-17,20H,1-2,5,7,9-14H2. The van der Waals surface area contributed by atoms with Gasteiger partial charge in [0.05, 0.1) is 6.61 Å². The van der Waals surface area contributed by atoms with E-state index in [1.165, 1.54) is 44.9 Å². The lowest BCUT2D eigenvalue weighted by molar-refractivity contribution is 0.173. The van der Waals surface area contributed by atoms with Crippen molar-refractivity contribution in [1.29, 1.82) is 0 Å². The highest BCUT2D eigenvalue weighted by molar-refractivity contribution is 5.32. The molecule has 4 rings (SSSR count). The molecule has 3 aliphatic rings. The number of fused-ring (bicyclic) bond motifs is 1. The van der Waals surface area contributed by atoms with Crippen LogP contribution in [0.1, 0.15) is 55.6 Å². The highest BCUT2D eigenvalue weighted by Gasteiger charge is 2.50. The van der Waals surface area contributed by atoms with Gasteiger partial charge in [-0.2, -0.15) is 0 Å². The molecular weight excluding hydrogens is 258 g/mol. The number of aryl methyl sites for hydroxylation is 1. The molecule has 0 amide bonds. The second kappa shape index (κ2) is 5.73. The Morgan fingerprint density at radius 3 is 2.86 bits per heavy atom. The van der Waals surface area contributed by atoms with Crippen LogP contribution in [0.4, 0.5) is 0 Å². The normalized spacial score (nSPS) is 30.7. The molecule has 1 heterocycles. The van der Waals surface area contributed by atoms with Crippen LogP contribution in [0.15, 0.2) is 24.3 Å². The van der Waals surface area contributed by atoms with Gasteiger partial charge in [-0.1, -0.05) is 30.7 Å². The van der Waals surface area contributed by atoms with Gasteiger partial charge in [0, 0.05) is 24.6 Å². The van der Waals surface area contributed by atoms with Crippen LogP contribution >= 0.6 is 0 Å². The minimum atomic E-state index is 0.428. The minimum absolute atomic E-state index is 0.428. The monoisotopic (exact) mass is 285 g/mol. The van der Waals surface area contributed by atoms with Crippen molar-refractivity contribution in [2.75, 3.05) is 19.8 Å². The van der Waals surface area contributed by atoms with Gasteiger partial charge in [0.1, 0.15) is 0 Å². The van der Waals surface area contributed by atoms with Crippen LogP contribution in [0.2, 0.25) is 0 Å². The Hall–Kier alpha value is -0.860. The molecule has 0 spiro atoms. The second-order valence-corrected chi connectivity index (χ2v) is 7.24. The maximum Gasteiger partial charge on any atom is 0.0512 e. The molecule has 1 aliphatic heterocycles. The van der Waals surface area contributed by atoms with Gasteiger partial charge in [0.15, 0.2) is 0 Å². The van der Waals surface area contributed by atoms with Gasteiger partial charge in [0.2, 0.25) is 0 Å². The maximum atomic E-state index is 5.61. The van der Waals surface area contributed by atoms with Crippen molar-refractivity contribution in [3.8, 4) is 0 Å². The Labute approximate surface area is 128 Å². The molecule has 1 aromatic rings. The highest BCUT2D eigenvalue weighted by atomic mass is 16.5. The lowest BCUT2D eigenvalue weighted by Gasteiger charge is -2.27. The molecule has 2 atom stereocenters. The molecule has 2 nitrogen and oxygen atoms in total. The molecule has 0 bridgehead atoms.